The van der Waals surface area contributed by atoms with Crippen molar-refractivity contribution in [2.24, 2.45) is 4.99 Å². The second kappa shape index (κ2) is 5.74. The number of aromatic carboxylic acids is 1. The normalized spacial score (nSPS) is 12.9. The lowest BCUT2D eigenvalue weighted by Gasteiger charge is -2.07. The average molecular weight is 297 g/mol. The van der Waals surface area contributed by atoms with Crippen molar-refractivity contribution < 1.29 is 9.90 Å². The van der Waals surface area contributed by atoms with Crippen LogP contribution >= 0.6 is 11.8 Å². The minimum absolute atomic E-state index is 0.278. The van der Waals surface area contributed by atoms with Crippen molar-refractivity contribution in [2.75, 3.05) is 0 Å². The molecule has 0 atom stereocenters. The van der Waals surface area contributed by atoms with E-state index in [0.717, 1.165) is 34.7 Å². The molecule has 21 heavy (non-hydrogen) atoms. The summed E-state index contributed by atoms with van der Waals surface area (Å²) in [6.45, 7) is 2.12. The second-order valence-electron chi connectivity index (χ2n) is 4.89. The van der Waals surface area contributed by atoms with Crippen LogP contribution in [0, 0.1) is 0 Å². The van der Waals surface area contributed by atoms with Crippen LogP contribution in [0.15, 0.2) is 57.2 Å². The highest BCUT2D eigenvalue weighted by Gasteiger charge is 2.17. The average Bonchev–Trinajstić information content (AvgIpc) is 2.63. The SMILES string of the molecule is CCCC1=Nc2cc(C(=O)O)ccc2Sc2ccccc21. The van der Waals surface area contributed by atoms with Gasteiger partial charge in [-0.25, -0.2) is 4.79 Å². The quantitative estimate of drug-likeness (QED) is 0.887. The number of rotatable bonds is 3. The monoisotopic (exact) mass is 297 g/mol. The predicted octanol–water partition coefficient (Wildman–Crippen LogP) is 4.77. The number of benzene rings is 2. The first-order chi connectivity index (χ1) is 10.2. The van der Waals surface area contributed by atoms with Gasteiger partial charge in [-0.05, 0) is 30.7 Å². The highest BCUT2D eigenvalue weighted by Crippen LogP contribution is 2.41. The van der Waals surface area contributed by atoms with Crippen LogP contribution in [0.1, 0.15) is 35.7 Å². The molecule has 1 N–H and O–H groups in total. The lowest BCUT2D eigenvalue weighted by Crippen LogP contribution is -2.00. The van der Waals surface area contributed by atoms with Gasteiger partial charge in [-0.15, -0.1) is 0 Å². The zero-order valence-corrected chi connectivity index (χ0v) is 12.5. The van der Waals surface area contributed by atoms with Crippen LogP contribution in [-0.2, 0) is 0 Å². The number of carbonyl (C=O) groups is 1. The van der Waals surface area contributed by atoms with Crippen molar-refractivity contribution in [3.63, 3.8) is 0 Å². The maximum absolute atomic E-state index is 11.1. The molecule has 0 saturated heterocycles. The smallest absolute Gasteiger partial charge is 0.335 e. The topological polar surface area (TPSA) is 49.7 Å². The Morgan fingerprint density at radius 1 is 1.19 bits per heavy atom. The summed E-state index contributed by atoms with van der Waals surface area (Å²) in [6, 6.07) is 13.4. The van der Waals surface area contributed by atoms with Crippen molar-refractivity contribution >= 4 is 29.1 Å². The van der Waals surface area contributed by atoms with E-state index in [0.29, 0.717) is 0 Å². The summed E-state index contributed by atoms with van der Waals surface area (Å²) >= 11 is 1.65. The van der Waals surface area contributed by atoms with Crippen LogP contribution in [0.5, 0.6) is 0 Å². The van der Waals surface area contributed by atoms with Crippen molar-refractivity contribution in [2.45, 2.75) is 29.6 Å². The Labute approximate surface area is 127 Å². The van der Waals surface area contributed by atoms with Crippen molar-refractivity contribution in [3.8, 4) is 0 Å². The van der Waals surface area contributed by atoms with Gasteiger partial charge in [0, 0.05) is 21.1 Å². The number of fused-ring (bicyclic) bond motifs is 2. The largest absolute Gasteiger partial charge is 0.478 e. The number of carboxylic acid groups (broad SMARTS) is 1. The van der Waals surface area contributed by atoms with Gasteiger partial charge in [-0.2, -0.15) is 0 Å². The molecule has 106 valence electrons. The first kappa shape index (κ1) is 13.9. The summed E-state index contributed by atoms with van der Waals surface area (Å²) in [5.74, 6) is -0.920. The number of nitrogens with zero attached hydrogens (tertiary/aromatic N) is 1. The van der Waals surface area contributed by atoms with Gasteiger partial charge in [-0.3, -0.25) is 4.99 Å². The molecule has 0 amide bonds. The van der Waals surface area contributed by atoms with Gasteiger partial charge in [0.15, 0.2) is 0 Å². The summed E-state index contributed by atoms with van der Waals surface area (Å²) < 4.78 is 0. The van der Waals surface area contributed by atoms with Gasteiger partial charge in [0.25, 0.3) is 0 Å². The summed E-state index contributed by atoms with van der Waals surface area (Å²) in [5, 5.41) is 9.14. The van der Waals surface area contributed by atoms with Gasteiger partial charge in [0.05, 0.1) is 11.3 Å². The van der Waals surface area contributed by atoms with Crippen LogP contribution in [0.4, 0.5) is 5.69 Å². The lowest BCUT2D eigenvalue weighted by molar-refractivity contribution is 0.0697. The predicted molar refractivity (Wildman–Crippen MR) is 85.1 cm³/mol. The maximum Gasteiger partial charge on any atom is 0.335 e. The summed E-state index contributed by atoms with van der Waals surface area (Å²) in [6.07, 6.45) is 1.89. The molecule has 0 unspecified atom stereocenters. The molecular formula is C17H15NO2S. The van der Waals surface area contributed by atoms with Gasteiger partial charge in [-0.1, -0.05) is 43.3 Å². The Hall–Kier alpha value is -2.07. The van der Waals surface area contributed by atoms with Crippen LogP contribution in [0.25, 0.3) is 0 Å². The van der Waals surface area contributed by atoms with Crippen LogP contribution in [0.3, 0.4) is 0 Å². The third-order valence-corrected chi connectivity index (χ3v) is 4.51. The van der Waals surface area contributed by atoms with Gasteiger partial charge >= 0.3 is 5.97 Å². The van der Waals surface area contributed by atoms with Crippen LogP contribution < -0.4 is 0 Å². The molecule has 2 aromatic rings. The maximum atomic E-state index is 11.1. The number of hydrogen-bond acceptors (Lipinski definition) is 3. The summed E-state index contributed by atoms with van der Waals surface area (Å²) in [5.41, 5.74) is 3.21. The van der Waals surface area contributed by atoms with E-state index >= 15 is 0 Å². The molecule has 2 aromatic carbocycles. The standard InChI is InChI=1S/C17H15NO2S/c1-2-5-13-12-6-3-4-7-15(12)21-16-9-8-11(17(19)20)10-14(16)18-13/h3-4,6-10H,2,5H2,1H3,(H,19,20). The van der Waals surface area contributed by atoms with Crippen LogP contribution in [-0.4, -0.2) is 16.8 Å². The van der Waals surface area contributed by atoms with E-state index in [9.17, 15) is 4.79 Å². The zero-order chi connectivity index (χ0) is 14.8. The van der Waals surface area contributed by atoms with Crippen LogP contribution in [0.2, 0.25) is 0 Å². The summed E-state index contributed by atoms with van der Waals surface area (Å²) in [4.78, 5) is 18.1. The number of aliphatic imine (C=N–C) groups is 1. The molecule has 0 radical (unpaired) electrons. The Morgan fingerprint density at radius 2 is 2.00 bits per heavy atom. The van der Waals surface area contributed by atoms with Crippen molar-refractivity contribution in [1.82, 2.24) is 0 Å². The molecular weight excluding hydrogens is 282 g/mol. The third-order valence-electron chi connectivity index (χ3n) is 3.37. The van der Waals surface area contributed by atoms with E-state index < -0.39 is 5.97 Å². The lowest BCUT2D eigenvalue weighted by atomic mass is 10.1. The Morgan fingerprint density at radius 3 is 2.76 bits per heavy atom. The van der Waals surface area contributed by atoms with Gasteiger partial charge in [0.2, 0.25) is 0 Å². The highest BCUT2D eigenvalue weighted by atomic mass is 32.2. The van der Waals surface area contributed by atoms with E-state index in [1.807, 2.05) is 18.2 Å². The highest BCUT2D eigenvalue weighted by molar-refractivity contribution is 7.99. The Bertz CT molecular complexity index is 737. The van der Waals surface area contributed by atoms with Gasteiger partial charge < -0.3 is 5.11 Å². The molecule has 1 heterocycles. The van der Waals surface area contributed by atoms with E-state index in [-0.39, 0.29) is 5.56 Å². The Kier molecular flexibility index (Phi) is 3.80. The molecule has 0 aliphatic carbocycles. The molecule has 0 aromatic heterocycles. The fourth-order valence-electron chi connectivity index (χ4n) is 2.37. The fourth-order valence-corrected chi connectivity index (χ4v) is 3.39. The number of carboxylic acids is 1. The summed E-state index contributed by atoms with van der Waals surface area (Å²) in [7, 11) is 0. The van der Waals surface area contributed by atoms with E-state index in [4.69, 9.17) is 10.1 Å². The minimum Gasteiger partial charge on any atom is -0.478 e. The molecule has 3 nitrogen and oxygen atoms in total. The molecule has 0 saturated carbocycles. The molecule has 0 fully saturated rings. The molecule has 1 aliphatic heterocycles. The molecule has 3 rings (SSSR count). The fraction of sp³-hybridized carbons (Fsp3) is 0.176. The number of hydrogen-bond donors (Lipinski definition) is 1. The van der Waals surface area contributed by atoms with E-state index in [2.05, 4.69) is 19.1 Å². The third kappa shape index (κ3) is 2.72. The van der Waals surface area contributed by atoms with Gasteiger partial charge in [0.1, 0.15) is 0 Å². The van der Waals surface area contributed by atoms with Crippen molar-refractivity contribution in [3.05, 3.63) is 53.6 Å². The second-order valence-corrected chi connectivity index (χ2v) is 5.98. The minimum atomic E-state index is -0.920. The zero-order valence-electron chi connectivity index (χ0n) is 11.7. The first-order valence-corrected chi connectivity index (χ1v) is 7.73. The molecule has 0 spiro atoms. The van der Waals surface area contributed by atoms with Crippen molar-refractivity contribution in [1.29, 1.82) is 0 Å². The van der Waals surface area contributed by atoms with E-state index in [1.165, 1.54) is 4.90 Å². The van der Waals surface area contributed by atoms with E-state index in [1.54, 1.807) is 23.9 Å². The molecule has 4 heteroatoms. The molecule has 0 bridgehead atoms. The molecule has 1 aliphatic rings. The first-order valence-electron chi connectivity index (χ1n) is 6.91. The Balaban J connectivity index is 2.18.